The molecule has 4 nitrogen and oxygen atoms in total. The molecule has 0 spiro atoms. The third-order valence-electron chi connectivity index (χ3n) is 4.58. The second-order valence-electron chi connectivity index (χ2n) is 7.32. The van der Waals surface area contributed by atoms with Crippen LogP contribution in [0.2, 0.25) is 0 Å². The van der Waals surface area contributed by atoms with Gasteiger partial charge in [0.1, 0.15) is 6.04 Å². The Kier molecular flexibility index (Phi) is 8.05. The molecule has 2 aromatic rings. The zero-order chi connectivity index (χ0) is 19.6. The van der Waals surface area contributed by atoms with Gasteiger partial charge in [-0.05, 0) is 30.4 Å². The van der Waals surface area contributed by atoms with Crippen molar-refractivity contribution in [1.82, 2.24) is 10.2 Å². The molecule has 0 aromatic heterocycles. The van der Waals surface area contributed by atoms with Crippen molar-refractivity contribution in [2.75, 3.05) is 6.54 Å². The zero-order valence-corrected chi connectivity index (χ0v) is 16.5. The van der Waals surface area contributed by atoms with Gasteiger partial charge < -0.3 is 10.2 Å². The summed E-state index contributed by atoms with van der Waals surface area (Å²) in [4.78, 5) is 27.3. The molecule has 4 heteroatoms. The smallest absolute Gasteiger partial charge is 0.242 e. The van der Waals surface area contributed by atoms with Crippen LogP contribution in [-0.2, 0) is 22.6 Å². The van der Waals surface area contributed by atoms with Crippen molar-refractivity contribution in [3.8, 4) is 0 Å². The van der Waals surface area contributed by atoms with E-state index in [0.717, 1.165) is 17.5 Å². The van der Waals surface area contributed by atoms with Crippen LogP contribution < -0.4 is 5.32 Å². The number of carbonyl (C=O) groups excluding carboxylic acids is 2. The minimum absolute atomic E-state index is 0.0448. The van der Waals surface area contributed by atoms with E-state index < -0.39 is 6.04 Å². The number of nitrogens with one attached hydrogen (secondary N) is 1. The summed E-state index contributed by atoms with van der Waals surface area (Å²) in [6, 6.07) is 18.9. The molecule has 2 amide bonds. The normalized spacial score (nSPS) is 11.9. The van der Waals surface area contributed by atoms with Crippen LogP contribution in [0.5, 0.6) is 0 Å². The van der Waals surface area contributed by atoms with Gasteiger partial charge in [0.15, 0.2) is 0 Å². The third kappa shape index (κ3) is 6.89. The Balaban J connectivity index is 2.10. The summed E-state index contributed by atoms with van der Waals surface area (Å²) in [7, 11) is 0. The maximum atomic E-state index is 13.0. The van der Waals surface area contributed by atoms with Crippen molar-refractivity contribution in [2.45, 2.75) is 46.2 Å². The van der Waals surface area contributed by atoms with E-state index in [1.165, 1.54) is 0 Å². The van der Waals surface area contributed by atoms with E-state index >= 15 is 0 Å². The predicted octanol–water partition coefficient (Wildman–Crippen LogP) is 3.81. The van der Waals surface area contributed by atoms with Crippen LogP contribution >= 0.6 is 0 Å². The topological polar surface area (TPSA) is 49.4 Å². The molecular weight excluding hydrogens is 336 g/mol. The van der Waals surface area contributed by atoms with Gasteiger partial charge in [0.05, 0.1) is 6.42 Å². The maximum Gasteiger partial charge on any atom is 0.242 e. The highest BCUT2D eigenvalue weighted by Gasteiger charge is 2.26. The lowest BCUT2D eigenvalue weighted by Crippen LogP contribution is -2.48. The molecule has 0 radical (unpaired) electrons. The molecule has 1 N–H and O–H groups in total. The molecule has 0 heterocycles. The van der Waals surface area contributed by atoms with Gasteiger partial charge in [-0.1, -0.05) is 74.5 Å². The van der Waals surface area contributed by atoms with E-state index in [2.05, 4.69) is 19.2 Å². The summed E-state index contributed by atoms with van der Waals surface area (Å²) in [5.41, 5.74) is 1.97. The molecule has 1 unspecified atom stereocenters. The van der Waals surface area contributed by atoms with Gasteiger partial charge in [-0.15, -0.1) is 0 Å². The Hall–Kier alpha value is -2.62. The van der Waals surface area contributed by atoms with E-state index in [9.17, 15) is 9.59 Å². The van der Waals surface area contributed by atoms with Gasteiger partial charge >= 0.3 is 0 Å². The number of nitrogens with zero attached hydrogens (tertiary/aromatic N) is 1. The lowest BCUT2D eigenvalue weighted by Gasteiger charge is -2.29. The van der Waals surface area contributed by atoms with Crippen molar-refractivity contribution >= 4 is 11.8 Å². The monoisotopic (exact) mass is 366 g/mol. The van der Waals surface area contributed by atoms with E-state index in [0.29, 0.717) is 19.0 Å². The predicted molar refractivity (Wildman–Crippen MR) is 109 cm³/mol. The Labute approximate surface area is 162 Å². The van der Waals surface area contributed by atoms with Crippen molar-refractivity contribution in [3.05, 3.63) is 71.8 Å². The highest BCUT2D eigenvalue weighted by molar-refractivity contribution is 5.88. The Morgan fingerprint density at radius 1 is 0.889 bits per heavy atom. The van der Waals surface area contributed by atoms with Crippen LogP contribution in [-0.4, -0.2) is 29.3 Å². The number of carbonyl (C=O) groups is 2. The molecule has 0 aliphatic carbocycles. The second kappa shape index (κ2) is 10.5. The van der Waals surface area contributed by atoms with Crippen molar-refractivity contribution in [2.24, 2.45) is 5.92 Å². The summed E-state index contributed by atoms with van der Waals surface area (Å²) < 4.78 is 0. The summed E-state index contributed by atoms with van der Waals surface area (Å²) in [5.74, 6) is 0.380. The van der Waals surface area contributed by atoms with E-state index in [1.54, 1.807) is 11.8 Å². The number of amides is 2. The minimum atomic E-state index is -0.520. The molecular formula is C23H30N2O2. The van der Waals surface area contributed by atoms with Gasteiger partial charge in [0.2, 0.25) is 11.8 Å². The fraction of sp³-hybridized carbons (Fsp3) is 0.391. The first-order valence-corrected chi connectivity index (χ1v) is 9.62. The van der Waals surface area contributed by atoms with Crippen molar-refractivity contribution < 1.29 is 9.59 Å². The summed E-state index contributed by atoms with van der Waals surface area (Å²) >= 11 is 0. The average Bonchev–Trinajstić information content (AvgIpc) is 2.66. The number of hydrogen-bond acceptors (Lipinski definition) is 2. The SMILES string of the molecule is CC(C)CCNC(=O)C(C)N(Cc1ccccc1)C(=O)Cc1ccccc1. The minimum Gasteiger partial charge on any atom is -0.354 e. The Bertz CT molecular complexity index is 714. The molecule has 2 rings (SSSR count). The number of benzene rings is 2. The first-order chi connectivity index (χ1) is 13.0. The highest BCUT2D eigenvalue weighted by atomic mass is 16.2. The molecule has 144 valence electrons. The van der Waals surface area contributed by atoms with E-state index in [-0.39, 0.29) is 18.2 Å². The molecule has 0 saturated carbocycles. The summed E-state index contributed by atoms with van der Waals surface area (Å²) in [6.07, 6.45) is 1.21. The second-order valence-corrected chi connectivity index (χ2v) is 7.32. The quantitative estimate of drug-likeness (QED) is 0.734. The first-order valence-electron chi connectivity index (χ1n) is 9.62. The molecule has 2 aromatic carbocycles. The van der Waals surface area contributed by atoms with Crippen LogP contribution in [0, 0.1) is 5.92 Å². The molecule has 0 bridgehead atoms. The lowest BCUT2D eigenvalue weighted by atomic mass is 10.1. The molecule has 0 aliphatic rings. The Morgan fingerprint density at radius 2 is 1.44 bits per heavy atom. The van der Waals surface area contributed by atoms with Gasteiger partial charge in [0, 0.05) is 13.1 Å². The van der Waals surface area contributed by atoms with Gasteiger partial charge in [-0.2, -0.15) is 0 Å². The fourth-order valence-electron chi connectivity index (χ4n) is 2.87. The molecule has 27 heavy (non-hydrogen) atoms. The molecule has 1 atom stereocenters. The molecule has 0 saturated heterocycles. The largest absolute Gasteiger partial charge is 0.354 e. The van der Waals surface area contributed by atoms with E-state index in [1.807, 2.05) is 60.7 Å². The van der Waals surface area contributed by atoms with Crippen molar-refractivity contribution in [3.63, 3.8) is 0 Å². The molecule has 0 fully saturated rings. The standard InChI is InChI=1S/C23H30N2O2/c1-18(2)14-15-24-23(27)19(3)25(17-21-12-8-5-9-13-21)22(26)16-20-10-6-4-7-11-20/h4-13,18-19H,14-17H2,1-3H3,(H,24,27). The van der Waals surface area contributed by atoms with E-state index in [4.69, 9.17) is 0 Å². The highest BCUT2D eigenvalue weighted by Crippen LogP contribution is 2.12. The first kappa shape index (κ1) is 20.7. The fourth-order valence-corrected chi connectivity index (χ4v) is 2.87. The van der Waals surface area contributed by atoms with Gasteiger partial charge in [-0.3, -0.25) is 9.59 Å². The van der Waals surface area contributed by atoms with Gasteiger partial charge in [0.25, 0.3) is 0 Å². The van der Waals surface area contributed by atoms with Crippen LogP contribution in [0.4, 0.5) is 0 Å². The van der Waals surface area contributed by atoms with Crippen LogP contribution in [0.25, 0.3) is 0 Å². The lowest BCUT2D eigenvalue weighted by molar-refractivity contribution is -0.140. The number of hydrogen-bond donors (Lipinski definition) is 1. The average molecular weight is 367 g/mol. The summed E-state index contributed by atoms with van der Waals surface area (Å²) in [6.45, 7) is 7.11. The maximum absolute atomic E-state index is 13.0. The van der Waals surface area contributed by atoms with Crippen molar-refractivity contribution in [1.29, 1.82) is 0 Å². The van der Waals surface area contributed by atoms with Gasteiger partial charge in [-0.25, -0.2) is 0 Å². The molecule has 0 aliphatic heterocycles. The van der Waals surface area contributed by atoms with Crippen LogP contribution in [0.3, 0.4) is 0 Å². The zero-order valence-electron chi connectivity index (χ0n) is 16.5. The summed E-state index contributed by atoms with van der Waals surface area (Å²) in [5, 5.41) is 2.97. The number of rotatable bonds is 9. The third-order valence-corrected chi connectivity index (χ3v) is 4.58. The van der Waals surface area contributed by atoms with Crippen LogP contribution in [0.15, 0.2) is 60.7 Å². The van der Waals surface area contributed by atoms with Crippen LogP contribution in [0.1, 0.15) is 38.3 Å². The Morgan fingerprint density at radius 3 is 2.00 bits per heavy atom.